The highest BCUT2D eigenvalue weighted by Crippen LogP contribution is 2.29. The largest absolute Gasteiger partial charge is 0.394 e. The maximum atomic E-state index is 12.0. The van der Waals surface area contributed by atoms with Gasteiger partial charge in [0.25, 0.3) is 0 Å². The summed E-state index contributed by atoms with van der Waals surface area (Å²) in [5, 5.41) is 15.3. The number of benzene rings is 1. The molecule has 4 heteroatoms. The Balaban J connectivity index is 2.00. The predicted octanol–water partition coefficient (Wildman–Crippen LogP) is 2.73. The van der Waals surface area contributed by atoms with Gasteiger partial charge in [-0.25, -0.2) is 4.79 Å². The first-order valence-corrected chi connectivity index (χ1v) is 6.81. The van der Waals surface area contributed by atoms with E-state index in [9.17, 15) is 9.90 Å². The monoisotopic (exact) mass is 262 g/mol. The van der Waals surface area contributed by atoms with Crippen molar-refractivity contribution in [1.82, 2.24) is 5.32 Å². The van der Waals surface area contributed by atoms with Crippen molar-refractivity contribution in [2.45, 2.75) is 45.1 Å². The maximum Gasteiger partial charge on any atom is 0.319 e. The summed E-state index contributed by atoms with van der Waals surface area (Å²) in [5.41, 5.74) is 2.60. The Morgan fingerprint density at radius 3 is 2.32 bits per heavy atom. The molecule has 19 heavy (non-hydrogen) atoms. The van der Waals surface area contributed by atoms with Crippen LogP contribution in [0.3, 0.4) is 0 Å². The number of hydrogen-bond donors (Lipinski definition) is 3. The second-order valence-electron chi connectivity index (χ2n) is 5.60. The fourth-order valence-electron chi connectivity index (χ4n) is 2.82. The molecule has 0 radical (unpaired) electrons. The lowest BCUT2D eigenvalue weighted by atomic mass is 9.99. The number of nitrogens with one attached hydrogen (secondary N) is 2. The molecular weight excluding hydrogens is 240 g/mol. The van der Waals surface area contributed by atoms with Gasteiger partial charge in [0, 0.05) is 5.69 Å². The van der Waals surface area contributed by atoms with E-state index in [0.717, 1.165) is 42.5 Å². The number of rotatable bonds is 3. The molecule has 1 aliphatic rings. The second kappa shape index (κ2) is 5.61. The Morgan fingerprint density at radius 1 is 1.21 bits per heavy atom. The Hall–Kier alpha value is -1.55. The van der Waals surface area contributed by atoms with Crippen molar-refractivity contribution < 1.29 is 9.90 Å². The van der Waals surface area contributed by atoms with E-state index in [4.69, 9.17) is 0 Å². The SMILES string of the molecule is Cc1cc(C)cc(NC(=O)NC2(CO)CCCC2)c1. The minimum Gasteiger partial charge on any atom is -0.394 e. The van der Waals surface area contributed by atoms with E-state index >= 15 is 0 Å². The van der Waals surface area contributed by atoms with Crippen LogP contribution in [0.4, 0.5) is 10.5 Å². The number of amides is 2. The second-order valence-corrected chi connectivity index (χ2v) is 5.60. The molecule has 4 nitrogen and oxygen atoms in total. The summed E-state index contributed by atoms with van der Waals surface area (Å²) >= 11 is 0. The highest BCUT2D eigenvalue weighted by molar-refractivity contribution is 5.90. The first-order chi connectivity index (χ1) is 9.03. The van der Waals surface area contributed by atoms with Gasteiger partial charge in [-0.1, -0.05) is 18.9 Å². The van der Waals surface area contributed by atoms with Crippen LogP contribution in [0.1, 0.15) is 36.8 Å². The van der Waals surface area contributed by atoms with Crippen LogP contribution >= 0.6 is 0 Å². The molecular formula is C15H22N2O2. The molecule has 0 heterocycles. The molecule has 2 amide bonds. The van der Waals surface area contributed by atoms with Crippen LogP contribution in [-0.2, 0) is 0 Å². The molecule has 0 bridgehead atoms. The van der Waals surface area contributed by atoms with Crippen molar-refractivity contribution in [3.63, 3.8) is 0 Å². The van der Waals surface area contributed by atoms with Crippen LogP contribution in [0.2, 0.25) is 0 Å². The van der Waals surface area contributed by atoms with Crippen LogP contribution in [0, 0.1) is 13.8 Å². The fourth-order valence-corrected chi connectivity index (χ4v) is 2.82. The van der Waals surface area contributed by atoms with E-state index in [1.807, 2.05) is 26.0 Å². The Morgan fingerprint density at radius 2 is 1.79 bits per heavy atom. The molecule has 0 spiro atoms. The van der Waals surface area contributed by atoms with Gasteiger partial charge in [-0.2, -0.15) is 0 Å². The average Bonchev–Trinajstić information content (AvgIpc) is 2.76. The number of carbonyl (C=O) groups is 1. The number of aliphatic hydroxyl groups is 1. The summed E-state index contributed by atoms with van der Waals surface area (Å²) in [6, 6.07) is 5.70. The van der Waals surface area contributed by atoms with Crippen LogP contribution in [0.15, 0.2) is 18.2 Å². The van der Waals surface area contributed by atoms with Crippen molar-refractivity contribution in [2.24, 2.45) is 0 Å². The van der Waals surface area contributed by atoms with Gasteiger partial charge in [0.2, 0.25) is 0 Å². The maximum absolute atomic E-state index is 12.0. The minimum absolute atomic E-state index is 0.00721. The molecule has 1 aromatic carbocycles. The zero-order chi connectivity index (χ0) is 13.9. The Labute approximate surface area is 114 Å². The molecule has 1 saturated carbocycles. The Bertz CT molecular complexity index is 445. The third-order valence-electron chi connectivity index (χ3n) is 3.72. The van der Waals surface area contributed by atoms with Crippen LogP contribution in [-0.4, -0.2) is 23.3 Å². The lowest BCUT2D eigenvalue weighted by molar-refractivity contribution is 0.167. The lowest BCUT2D eigenvalue weighted by Gasteiger charge is -2.28. The molecule has 1 fully saturated rings. The van der Waals surface area contributed by atoms with Gasteiger partial charge in [0.1, 0.15) is 0 Å². The summed E-state index contributed by atoms with van der Waals surface area (Å²) in [4.78, 5) is 12.0. The lowest BCUT2D eigenvalue weighted by Crippen LogP contribution is -2.50. The van der Waals surface area contributed by atoms with Crippen LogP contribution in [0.5, 0.6) is 0 Å². The number of carbonyl (C=O) groups excluding carboxylic acids is 1. The number of anilines is 1. The van der Waals surface area contributed by atoms with Crippen molar-refractivity contribution in [3.05, 3.63) is 29.3 Å². The molecule has 0 unspecified atom stereocenters. The standard InChI is InChI=1S/C15H22N2O2/c1-11-7-12(2)9-13(8-11)16-14(19)17-15(10-18)5-3-4-6-15/h7-9,18H,3-6,10H2,1-2H3,(H2,16,17,19). The summed E-state index contributed by atoms with van der Waals surface area (Å²) in [6.45, 7) is 4.01. The van der Waals surface area contributed by atoms with Gasteiger partial charge in [-0.05, 0) is 49.9 Å². The zero-order valence-electron chi connectivity index (χ0n) is 11.6. The van der Waals surface area contributed by atoms with E-state index in [0.29, 0.717) is 0 Å². The van der Waals surface area contributed by atoms with E-state index in [1.54, 1.807) is 0 Å². The first kappa shape index (κ1) is 13.9. The number of aryl methyl sites for hydroxylation is 2. The molecule has 2 rings (SSSR count). The summed E-state index contributed by atoms with van der Waals surface area (Å²) in [6.07, 6.45) is 3.82. The molecule has 0 aliphatic heterocycles. The van der Waals surface area contributed by atoms with E-state index in [-0.39, 0.29) is 12.6 Å². The molecule has 0 saturated heterocycles. The van der Waals surface area contributed by atoms with E-state index in [1.165, 1.54) is 0 Å². The van der Waals surface area contributed by atoms with Gasteiger partial charge in [-0.3, -0.25) is 0 Å². The predicted molar refractivity (Wildman–Crippen MR) is 76.4 cm³/mol. The highest BCUT2D eigenvalue weighted by Gasteiger charge is 2.34. The van der Waals surface area contributed by atoms with Crippen molar-refractivity contribution in [1.29, 1.82) is 0 Å². The zero-order valence-corrected chi connectivity index (χ0v) is 11.6. The summed E-state index contributed by atoms with van der Waals surface area (Å²) < 4.78 is 0. The summed E-state index contributed by atoms with van der Waals surface area (Å²) in [5.74, 6) is 0. The quantitative estimate of drug-likeness (QED) is 0.784. The van der Waals surface area contributed by atoms with E-state index < -0.39 is 5.54 Å². The smallest absolute Gasteiger partial charge is 0.319 e. The van der Waals surface area contributed by atoms with Gasteiger partial charge in [-0.15, -0.1) is 0 Å². The van der Waals surface area contributed by atoms with Crippen molar-refractivity contribution in [3.8, 4) is 0 Å². The number of aliphatic hydroxyl groups excluding tert-OH is 1. The normalized spacial score (nSPS) is 17.2. The molecule has 104 valence electrons. The third-order valence-corrected chi connectivity index (χ3v) is 3.72. The molecule has 3 N–H and O–H groups in total. The van der Waals surface area contributed by atoms with Gasteiger partial charge >= 0.3 is 6.03 Å². The van der Waals surface area contributed by atoms with Crippen molar-refractivity contribution >= 4 is 11.7 Å². The van der Waals surface area contributed by atoms with Crippen LogP contribution in [0.25, 0.3) is 0 Å². The average molecular weight is 262 g/mol. The number of hydrogen-bond acceptors (Lipinski definition) is 2. The molecule has 1 aromatic rings. The number of urea groups is 1. The fraction of sp³-hybridized carbons (Fsp3) is 0.533. The van der Waals surface area contributed by atoms with Gasteiger partial charge in [0.15, 0.2) is 0 Å². The van der Waals surface area contributed by atoms with Gasteiger partial charge in [0.05, 0.1) is 12.1 Å². The van der Waals surface area contributed by atoms with Crippen molar-refractivity contribution in [2.75, 3.05) is 11.9 Å². The minimum atomic E-state index is -0.428. The third kappa shape index (κ3) is 3.47. The first-order valence-electron chi connectivity index (χ1n) is 6.81. The van der Waals surface area contributed by atoms with Crippen LogP contribution < -0.4 is 10.6 Å². The Kier molecular flexibility index (Phi) is 4.10. The molecule has 0 aromatic heterocycles. The highest BCUT2D eigenvalue weighted by atomic mass is 16.3. The molecule has 1 aliphatic carbocycles. The van der Waals surface area contributed by atoms with Gasteiger partial charge < -0.3 is 15.7 Å². The summed E-state index contributed by atoms with van der Waals surface area (Å²) in [7, 11) is 0. The topological polar surface area (TPSA) is 61.4 Å². The molecule has 0 atom stereocenters. The van der Waals surface area contributed by atoms with E-state index in [2.05, 4.69) is 16.7 Å².